The molecular formula is C19H22F2N2. The molecule has 0 aromatic heterocycles. The second-order valence-electron chi connectivity index (χ2n) is 6.05. The fraction of sp³-hybridized carbons (Fsp3) is 0.368. The molecule has 0 unspecified atom stereocenters. The molecule has 3 rings (SSSR count). The van der Waals surface area contributed by atoms with Crippen LogP contribution >= 0.6 is 0 Å². The second kappa shape index (κ2) is 7.66. The Kier molecular flexibility index (Phi) is 5.36. The van der Waals surface area contributed by atoms with Crippen molar-refractivity contribution in [1.82, 2.24) is 9.80 Å². The van der Waals surface area contributed by atoms with Gasteiger partial charge in [-0.3, -0.25) is 4.90 Å². The fourth-order valence-corrected chi connectivity index (χ4v) is 3.01. The van der Waals surface area contributed by atoms with Gasteiger partial charge in [-0.25, -0.2) is 8.78 Å². The lowest BCUT2D eigenvalue weighted by Crippen LogP contribution is -2.46. The van der Waals surface area contributed by atoms with Gasteiger partial charge in [-0.1, -0.05) is 36.4 Å². The van der Waals surface area contributed by atoms with Gasteiger partial charge >= 0.3 is 0 Å². The van der Waals surface area contributed by atoms with Crippen molar-refractivity contribution in [2.45, 2.75) is 13.0 Å². The third kappa shape index (κ3) is 4.36. The molecule has 2 aromatic carbocycles. The zero-order valence-corrected chi connectivity index (χ0v) is 13.2. The average Bonchev–Trinajstić information content (AvgIpc) is 2.58. The molecule has 0 N–H and O–H groups in total. The Hall–Kier alpha value is -1.78. The third-order valence-corrected chi connectivity index (χ3v) is 4.47. The van der Waals surface area contributed by atoms with Gasteiger partial charge in [0.25, 0.3) is 0 Å². The van der Waals surface area contributed by atoms with Crippen molar-refractivity contribution in [3.8, 4) is 0 Å². The molecule has 2 nitrogen and oxygen atoms in total. The molecule has 1 saturated heterocycles. The zero-order chi connectivity index (χ0) is 16.1. The highest BCUT2D eigenvalue weighted by atomic mass is 19.1. The van der Waals surface area contributed by atoms with Crippen LogP contribution in [0.4, 0.5) is 8.78 Å². The molecule has 1 aliphatic rings. The van der Waals surface area contributed by atoms with Crippen LogP contribution in [0.3, 0.4) is 0 Å². The molecule has 1 aliphatic heterocycles. The summed E-state index contributed by atoms with van der Waals surface area (Å²) in [6.07, 6.45) is 1.04. The minimum atomic E-state index is -0.448. The van der Waals surface area contributed by atoms with Gasteiger partial charge in [0.1, 0.15) is 11.6 Å². The first-order chi connectivity index (χ1) is 11.2. The number of halogens is 2. The van der Waals surface area contributed by atoms with E-state index in [4.69, 9.17) is 0 Å². The van der Waals surface area contributed by atoms with Crippen LogP contribution in [0.5, 0.6) is 0 Å². The lowest BCUT2D eigenvalue weighted by molar-refractivity contribution is 0.126. The van der Waals surface area contributed by atoms with Crippen LogP contribution in [-0.4, -0.2) is 42.5 Å². The Bertz CT molecular complexity index is 602. The summed E-state index contributed by atoms with van der Waals surface area (Å²) in [5.74, 6) is -0.895. The van der Waals surface area contributed by atoms with Crippen molar-refractivity contribution in [3.63, 3.8) is 0 Å². The lowest BCUT2D eigenvalue weighted by Gasteiger charge is -2.34. The Labute approximate surface area is 136 Å². The number of hydrogen-bond acceptors (Lipinski definition) is 2. The van der Waals surface area contributed by atoms with Crippen LogP contribution in [0.1, 0.15) is 11.1 Å². The minimum Gasteiger partial charge on any atom is -0.300 e. The van der Waals surface area contributed by atoms with E-state index < -0.39 is 11.6 Å². The second-order valence-corrected chi connectivity index (χ2v) is 6.05. The van der Waals surface area contributed by atoms with Crippen LogP contribution in [0.2, 0.25) is 0 Å². The Balaban J connectivity index is 1.47. The molecule has 1 fully saturated rings. The van der Waals surface area contributed by atoms with Crippen molar-refractivity contribution < 1.29 is 8.78 Å². The van der Waals surface area contributed by atoms with Gasteiger partial charge in [0.15, 0.2) is 0 Å². The Morgan fingerprint density at radius 3 is 2.00 bits per heavy atom. The molecule has 0 spiro atoms. The highest BCUT2D eigenvalue weighted by molar-refractivity contribution is 5.19. The summed E-state index contributed by atoms with van der Waals surface area (Å²) in [6, 6.07) is 14.5. The largest absolute Gasteiger partial charge is 0.300 e. The van der Waals surface area contributed by atoms with Crippen LogP contribution in [0.25, 0.3) is 0 Å². The Morgan fingerprint density at radius 1 is 0.739 bits per heavy atom. The fourth-order valence-electron chi connectivity index (χ4n) is 3.01. The topological polar surface area (TPSA) is 6.48 Å². The minimum absolute atomic E-state index is 0.185. The van der Waals surface area contributed by atoms with Crippen LogP contribution in [0.15, 0.2) is 48.5 Å². The maximum absolute atomic E-state index is 13.7. The summed E-state index contributed by atoms with van der Waals surface area (Å²) in [6.45, 7) is 4.98. The van der Waals surface area contributed by atoms with Gasteiger partial charge in [0, 0.05) is 44.8 Å². The van der Waals surface area contributed by atoms with Crippen LogP contribution in [0, 0.1) is 11.6 Å². The summed E-state index contributed by atoms with van der Waals surface area (Å²) in [7, 11) is 0. The van der Waals surface area contributed by atoms with E-state index in [-0.39, 0.29) is 5.56 Å². The van der Waals surface area contributed by atoms with E-state index in [1.54, 1.807) is 0 Å². The smallest absolute Gasteiger partial charge is 0.130 e. The first-order valence-electron chi connectivity index (χ1n) is 8.14. The van der Waals surface area contributed by atoms with E-state index in [1.807, 2.05) is 6.07 Å². The standard InChI is InChI=1S/C19H22F2N2/c20-18-7-4-8-19(21)17(18)15-23-13-11-22(12-14-23)10-9-16-5-2-1-3-6-16/h1-8H,9-15H2. The first kappa shape index (κ1) is 16.1. The predicted octanol–water partition coefficient (Wildman–Crippen LogP) is 3.33. The quantitative estimate of drug-likeness (QED) is 0.835. The van der Waals surface area contributed by atoms with Crippen molar-refractivity contribution in [2.75, 3.05) is 32.7 Å². The van der Waals surface area contributed by atoms with Crippen molar-refractivity contribution in [3.05, 3.63) is 71.3 Å². The van der Waals surface area contributed by atoms with E-state index in [1.165, 1.54) is 23.8 Å². The summed E-state index contributed by atoms with van der Waals surface area (Å²) < 4.78 is 27.4. The van der Waals surface area contributed by atoms with Gasteiger partial charge in [0.2, 0.25) is 0 Å². The van der Waals surface area contributed by atoms with Crippen LogP contribution < -0.4 is 0 Å². The summed E-state index contributed by atoms with van der Waals surface area (Å²) in [5, 5.41) is 0. The molecule has 0 atom stereocenters. The maximum Gasteiger partial charge on any atom is 0.130 e. The predicted molar refractivity (Wildman–Crippen MR) is 88.2 cm³/mol. The molecule has 1 heterocycles. The van der Waals surface area contributed by atoms with Gasteiger partial charge in [-0.05, 0) is 24.1 Å². The molecule has 0 radical (unpaired) electrons. The monoisotopic (exact) mass is 316 g/mol. The molecule has 0 saturated carbocycles. The highest BCUT2D eigenvalue weighted by Gasteiger charge is 2.19. The number of rotatable bonds is 5. The van der Waals surface area contributed by atoms with E-state index >= 15 is 0 Å². The first-order valence-corrected chi connectivity index (χ1v) is 8.14. The van der Waals surface area contributed by atoms with E-state index in [0.29, 0.717) is 6.54 Å². The summed E-state index contributed by atoms with van der Waals surface area (Å²) in [4.78, 5) is 4.54. The van der Waals surface area contributed by atoms with E-state index in [2.05, 4.69) is 34.1 Å². The van der Waals surface area contributed by atoms with Crippen LogP contribution in [-0.2, 0) is 13.0 Å². The summed E-state index contributed by atoms with van der Waals surface area (Å²) in [5.41, 5.74) is 1.54. The van der Waals surface area contributed by atoms with Crippen molar-refractivity contribution in [1.29, 1.82) is 0 Å². The van der Waals surface area contributed by atoms with Crippen molar-refractivity contribution in [2.24, 2.45) is 0 Å². The molecule has 23 heavy (non-hydrogen) atoms. The number of piperazine rings is 1. The molecule has 122 valence electrons. The molecule has 0 bridgehead atoms. The Morgan fingerprint density at radius 2 is 1.35 bits per heavy atom. The average molecular weight is 316 g/mol. The van der Waals surface area contributed by atoms with E-state index in [0.717, 1.165) is 39.1 Å². The third-order valence-electron chi connectivity index (χ3n) is 4.47. The lowest BCUT2D eigenvalue weighted by atomic mass is 10.1. The summed E-state index contributed by atoms with van der Waals surface area (Å²) >= 11 is 0. The highest BCUT2D eigenvalue weighted by Crippen LogP contribution is 2.16. The molecular weight excluding hydrogens is 294 g/mol. The van der Waals surface area contributed by atoms with Gasteiger partial charge in [-0.2, -0.15) is 0 Å². The van der Waals surface area contributed by atoms with E-state index in [9.17, 15) is 8.78 Å². The zero-order valence-electron chi connectivity index (χ0n) is 13.2. The molecule has 4 heteroatoms. The van der Waals surface area contributed by atoms with Gasteiger partial charge in [-0.15, -0.1) is 0 Å². The number of hydrogen-bond donors (Lipinski definition) is 0. The van der Waals surface area contributed by atoms with Gasteiger partial charge < -0.3 is 4.90 Å². The maximum atomic E-state index is 13.7. The SMILES string of the molecule is Fc1cccc(F)c1CN1CCN(CCc2ccccc2)CC1. The van der Waals surface area contributed by atoms with Gasteiger partial charge in [0.05, 0.1) is 0 Å². The molecule has 2 aromatic rings. The number of benzene rings is 2. The molecule has 0 aliphatic carbocycles. The number of nitrogens with zero attached hydrogens (tertiary/aromatic N) is 2. The van der Waals surface area contributed by atoms with Crippen molar-refractivity contribution >= 4 is 0 Å². The normalized spacial score (nSPS) is 16.6. The molecule has 0 amide bonds.